The van der Waals surface area contributed by atoms with Crippen LogP contribution in [0.3, 0.4) is 0 Å². The van der Waals surface area contributed by atoms with Crippen LogP contribution in [0, 0.1) is 6.92 Å². The Morgan fingerprint density at radius 2 is 1.85 bits per heavy atom. The van der Waals surface area contributed by atoms with Gasteiger partial charge in [-0.25, -0.2) is 0 Å². The van der Waals surface area contributed by atoms with Crippen LogP contribution in [-0.2, 0) is 19.0 Å². The summed E-state index contributed by atoms with van der Waals surface area (Å²) in [6, 6.07) is 6.51. The van der Waals surface area contributed by atoms with E-state index in [1.807, 2.05) is 6.92 Å². The molecular formula is C15H20O4S. The quantitative estimate of drug-likeness (QED) is 0.519. The molecule has 110 valence electrons. The van der Waals surface area contributed by atoms with Crippen molar-refractivity contribution in [3.8, 4) is 0 Å². The van der Waals surface area contributed by atoms with Crippen molar-refractivity contribution < 1.29 is 17.3 Å². The van der Waals surface area contributed by atoms with E-state index in [4.69, 9.17) is 8.92 Å². The van der Waals surface area contributed by atoms with Gasteiger partial charge in [0.2, 0.25) is 0 Å². The van der Waals surface area contributed by atoms with Gasteiger partial charge in [0, 0.05) is 0 Å². The summed E-state index contributed by atoms with van der Waals surface area (Å²) in [6.07, 6.45) is 3.42. The number of hydrogen-bond acceptors (Lipinski definition) is 4. The first-order valence-electron chi connectivity index (χ1n) is 6.29. The molecule has 0 saturated heterocycles. The minimum absolute atomic E-state index is 0.0456. The van der Waals surface area contributed by atoms with Crippen molar-refractivity contribution in [2.45, 2.75) is 24.3 Å². The predicted molar refractivity (Wildman–Crippen MR) is 79.1 cm³/mol. The highest BCUT2D eigenvalue weighted by Crippen LogP contribution is 2.14. The average Bonchev–Trinajstić information content (AvgIpc) is 2.42. The molecule has 0 N–H and O–H groups in total. The number of benzene rings is 1. The van der Waals surface area contributed by atoms with Crippen molar-refractivity contribution in [1.29, 1.82) is 0 Å². The fourth-order valence-electron chi connectivity index (χ4n) is 1.51. The Labute approximate surface area is 120 Å². The molecule has 1 aromatic carbocycles. The molecule has 0 fully saturated rings. The van der Waals surface area contributed by atoms with E-state index in [1.165, 1.54) is 12.1 Å². The molecular weight excluding hydrogens is 276 g/mol. The van der Waals surface area contributed by atoms with Gasteiger partial charge in [0.25, 0.3) is 10.1 Å². The molecule has 5 heteroatoms. The van der Waals surface area contributed by atoms with E-state index >= 15 is 0 Å². The molecule has 1 atom stereocenters. The third kappa shape index (κ3) is 5.28. The fraction of sp³-hybridized carbons (Fsp3) is 0.333. The summed E-state index contributed by atoms with van der Waals surface area (Å²) in [5.74, 6) is 0. The van der Waals surface area contributed by atoms with Crippen LogP contribution in [-0.4, -0.2) is 27.7 Å². The van der Waals surface area contributed by atoms with Crippen molar-refractivity contribution >= 4 is 10.1 Å². The van der Waals surface area contributed by atoms with Crippen LogP contribution in [0.15, 0.2) is 54.5 Å². The van der Waals surface area contributed by atoms with Gasteiger partial charge >= 0.3 is 0 Å². The molecule has 1 rings (SSSR count). The predicted octanol–water partition coefficient (Wildman–Crippen LogP) is 2.85. The maximum Gasteiger partial charge on any atom is 0.297 e. The Morgan fingerprint density at radius 1 is 1.20 bits per heavy atom. The van der Waals surface area contributed by atoms with Gasteiger partial charge in [0.1, 0.15) is 0 Å². The van der Waals surface area contributed by atoms with Gasteiger partial charge in [-0.15, -0.1) is 13.2 Å². The van der Waals surface area contributed by atoms with E-state index in [2.05, 4.69) is 13.2 Å². The normalized spacial score (nSPS) is 12.8. The molecule has 0 unspecified atom stereocenters. The summed E-state index contributed by atoms with van der Waals surface area (Å²) in [5, 5.41) is 0. The molecule has 0 spiro atoms. The lowest BCUT2D eigenvalue weighted by molar-refractivity contribution is 0.0407. The Bertz CT molecular complexity index is 531. The first-order valence-corrected chi connectivity index (χ1v) is 7.70. The van der Waals surface area contributed by atoms with Gasteiger partial charge < -0.3 is 4.74 Å². The first-order chi connectivity index (χ1) is 9.49. The number of rotatable bonds is 9. The summed E-state index contributed by atoms with van der Waals surface area (Å²) in [4.78, 5) is 0.143. The first kappa shape index (κ1) is 16.6. The molecule has 0 bridgehead atoms. The van der Waals surface area contributed by atoms with E-state index < -0.39 is 10.1 Å². The van der Waals surface area contributed by atoms with Crippen LogP contribution >= 0.6 is 0 Å². The van der Waals surface area contributed by atoms with Gasteiger partial charge in [-0.05, 0) is 25.5 Å². The van der Waals surface area contributed by atoms with E-state index in [-0.39, 0.29) is 17.6 Å². The van der Waals surface area contributed by atoms with Crippen LogP contribution < -0.4 is 0 Å². The van der Waals surface area contributed by atoms with E-state index in [1.54, 1.807) is 24.3 Å². The SMILES string of the molecule is C=CCO[C@H](CC=C)COS(=O)(=O)c1ccc(C)cc1. The molecule has 0 saturated carbocycles. The summed E-state index contributed by atoms with van der Waals surface area (Å²) < 4.78 is 34.4. The molecule has 0 aliphatic heterocycles. The van der Waals surface area contributed by atoms with Gasteiger partial charge in [0.15, 0.2) is 0 Å². The molecule has 0 amide bonds. The summed E-state index contributed by atoms with van der Waals surface area (Å²) >= 11 is 0. The van der Waals surface area contributed by atoms with Crippen LogP contribution in [0.5, 0.6) is 0 Å². The number of ether oxygens (including phenoxy) is 1. The minimum atomic E-state index is -3.76. The van der Waals surface area contributed by atoms with Crippen molar-refractivity contribution in [3.05, 3.63) is 55.1 Å². The van der Waals surface area contributed by atoms with E-state index in [0.717, 1.165) is 5.56 Å². The second kappa shape index (κ2) is 7.99. The maximum atomic E-state index is 12.0. The topological polar surface area (TPSA) is 52.6 Å². The fourth-order valence-corrected chi connectivity index (χ4v) is 2.45. The summed E-state index contributed by atoms with van der Waals surface area (Å²) in [5.41, 5.74) is 0.989. The van der Waals surface area contributed by atoms with Gasteiger partial charge in [-0.1, -0.05) is 29.8 Å². The van der Waals surface area contributed by atoms with E-state index in [0.29, 0.717) is 13.0 Å². The Hall–Kier alpha value is -1.43. The van der Waals surface area contributed by atoms with Crippen LogP contribution in [0.4, 0.5) is 0 Å². The van der Waals surface area contributed by atoms with Gasteiger partial charge in [-0.3, -0.25) is 4.18 Å². The van der Waals surface area contributed by atoms with Crippen molar-refractivity contribution in [2.24, 2.45) is 0 Å². The Morgan fingerprint density at radius 3 is 2.40 bits per heavy atom. The molecule has 0 radical (unpaired) electrons. The molecule has 0 aliphatic rings. The number of hydrogen-bond donors (Lipinski definition) is 0. The van der Waals surface area contributed by atoms with Crippen molar-refractivity contribution in [3.63, 3.8) is 0 Å². The van der Waals surface area contributed by atoms with E-state index in [9.17, 15) is 8.42 Å². The minimum Gasteiger partial charge on any atom is -0.371 e. The molecule has 0 aliphatic carbocycles. The van der Waals surface area contributed by atoms with Crippen LogP contribution in [0.2, 0.25) is 0 Å². The lowest BCUT2D eigenvalue weighted by atomic mass is 10.2. The second-order valence-electron chi connectivity index (χ2n) is 4.32. The second-order valence-corrected chi connectivity index (χ2v) is 5.94. The molecule has 0 heterocycles. The molecule has 4 nitrogen and oxygen atoms in total. The van der Waals surface area contributed by atoms with Gasteiger partial charge in [0.05, 0.1) is 24.2 Å². The lowest BCUT2D eigenvalue weighted by Gasteiger charge is -2.15. The van der Waals surface area contributed by atoms with Crippen molar-refractivity contribution in [1.82, 2.24) is 0 Å². The summed E-state index contributed by atoms with van der Waals surface area (Å²) in [6.45, 7) is 9.34. The average molecular weight is 296 g/mol. The highest BCUT2D eigenvalue weighted by molar-refractivity contribution is 7.86. The highest BCUT2D eigenvalue weighted by Gasteiger charge is 2.18. The standard InChI is InChI=1S/C15H20O4S/c1-4-6-14(18-11-5-2)12-19-20(16,17)15-9-7-13(3)8-10-15/h4-5,7-10,14H,1-2,6,11-12H2,3H3/t14-/m1/s1. The zero-order chi connectivity index (χ0) is 15.0. The summed E-state index contributed by atoms with van der Waals surface area (Å²) in [7, 11) is -3.76. The Kier molecular flexibility index (Phi) is 6.64. The monoisotopic (exact) mass is 296 g/mol. The molecule has 0 aromatic heterocycles. The molecule has 1 aromatic rings. The third-order valence-corrected chi connectivity index (χ3v) is 3.89. The highest BCUT2D eigenvalue weighted by atomic mass is 32.2. The van der Waals surface area contributed by atoms with Crippen molar-refractivity contribution in [2.75, 3.05) is 13.2 Å². The third-order valence-electron chi connectivity index (χ3n) is 2.60. The Balaban J connectivity index is 2.67. The number of aryl methyl sites for hydroxylation is 1. The lowest BCUT2D eigenvalue weighted by Crippen LogP contribution is -2.22. The maximum absolute atomic E-state index is 12.0. The van der Waals surface area contributed by atoms with Crippen LogP contribution in [0.25, 0.3) is 0 Å². The zero-order valence-electron chi connectivity index (χ0n) is 11.6. The zero-order valence-corrected chi connectivity index (χ0v) is 12.4. The smallest absolute Gasteiger partial charge is 0.297 e. The molecule has 20 heavy (non-hydrogen) atoms. The van der Waals surface area contributed by atoms with Crippen LogP contribution in [0.1, 0.15) is 12.0 Å². The largest absolute Gasteiger partial charge is 0.371 e. The van der Waals surface area contributed by atoms with Gasteiger partial charge in [-0.2, -0.15) is 8.42 Å².